The number of rotatable bonds is 8. The minimum absolute atomic E-state index is 0.282. The van der Waals surface area contributed by atoms with Crippen molar-refractivity contribution in [3.05, 3.63) is 94.5 Å². The van der Waals surface area contributed by atoms with E-state index in [1.807, 2.05) is 48.7 Å². The summed E-state index contributed by atoms with van der Waals surface area (Å²) in [5.41, 5.74) is 3.27. The number of nitrogens with zero attached hydrogens (tertiary/aromatic N) is 3. The summed E-state index contributed by atoms with van der Waals surface area (Å²) in [5, 5.41) is 15.7. The average molecular weight is 526 g/mol. The quantitative estimate of drug-likeness (QED) is 0.255. The first-order valence-corrected chi connectivity index (χ1v) is 12.5. The van der Waals surface area contributed by atoms with Crippen LogP contribution in [-0.4, -0.2) is 27.9 Å². The molecule has 36 heavy (non-hydrogen) atoms. The number of nitrogens with one attached hydrogen (secondary N) is 2. The van der Waals surface area contributed by atoms with Crippen LogP contribution in [0.1, 0.15) is 29.9 Å². The zero-order chi connectivity index (χ0) is 25.7. The molecule has 0 aliphatic rings. The topological polar surface area (TPSA) is 81.1 Å². The Morgan fingerprint density at radius 3 is 2.64 bits per heavy atom. The van der Waals surface area contributed by atoms with Crippen molar-refractivity contribution in [1.82, 2.24) is 20.1 Å². The van der Waals surface area contributed by atoms with Crippen molar-refractivity contribution in [3.63, 3.8) is 0 Å². The zero-order valence-electron chi connectivity index (χ0n) is 20.0. The number of methoxy groups -OCH3 is 1. The van der Waals surface area contributed by atoms with Gasteiger partial charge >= 0.3 is 6.03 Å². The number of thioether (sulfide) groups is 1. The number of para-hydroxylation sites is 2. The van der Waals surface area contributed by atoms with Crippen molar-refractivity contribution in [1.29, 1.82) is 0 Å². The van der Waals surface area contributed by atoms with Crippen LogP contribution >= 0.6 is 23.4 Å². The number of benzene rings is 3. The molecule has 1 atom stereocenters. The minimum Gasteiger partial charge on any atom is -0.495 e. The number of hydrogen-bond donors (Lipinski definition) is 2. The summed E-state index contributed by atoms with van der Waals surface area (Å²) >= 11 is 7.78. The molecule has 2 N–H and O–H groups in total. The number of aromatic nitrogens is 3. The zero-order valence-corrected chi connectivity index (χ0v) is 21.5. The van der Waals surface area contributed by atoms with E-state index in [1.165, 1.54) is 23.9 Å². The lowest BCUT2D eigenvalue weighted by Gasteiger charge is -2.18. The molecule has 0 spiro atoms. The number of halogens is 2. The van der Waals surface area contributed by atoms with Gasteiger partial charge in [-0.15, -0.1) is 10.2 Å². The lowest BCUT2D eigenvalue weighted by molar-refractivity contribution is 0.248. The molecular weight excluding hydrogens is 501 g/mol. The van der Waals surface area contributed by atoms with Gasteiger partial charge in [-0.1, -0.05) is 53.7 Å². The SMILES string of the molecule is COc1ccccc1NC(=O)NC(C)c1nnc(SCc2ccc(F)cc2)n1-c1cc(Cl)ccc1C. The highest BCUT2D eigenvalue weighted by molar-refractivity contribution is 7.98. The predicted octanol–water partition coefficient (Wildman–Crippen LogP) is 6.55. The first-order chi connectivity index (χ1) is 17.4. The molecule has 0 bridgehead atoms. The number of aryl methyl sites for hydroxylation is 1. The smallest absolute Gasteiger partial charge is 0.319 e. The molecule has 1 unspecified atom stereocenters. The molecule has 0 aliphatic carbocycles. The molecule has 10 heteroatoms. The number of ether oxygens (including phenoxy) is 1. The van der Waals surface area contributed by atoms with Gasteiger partial charge in [-0.25, -0.2) is 9.18 Å². The van der Waals surface area contributed by atoms with Crippen LogP contribution in [-0.2, 0) is 5.75 Å². The van der Waals surface area contributed by atoms with Gasteiger partial charge in [0.25, 0.3) is 0 Å². The van der Waals surface area contributed by atoms with Crippen LogP contribution in [0.25, 0.3) is 5.69 Å². The number of carbonyl (C=O) groups is 1. The molecule has 0 fully saturated rings. The molecule has 3 aromatic carbocycles. The lowest BCUT2D eigenvalue weighted by atomic mass is 10.2. The van der Waals surface area contributed by atoms with Gasteiger partial charge in [0, 0.05) is 10.8 Å². The predicted molar refractivity (Wildman–Crippen MR) is 141 cm³/mol. The van der Waals surface area contributed by atoms with Gasteiger partial charge < -0.3 is 15.4 Å². The van der Waals surface area contributed by atoms with E-state index >= 15 is 0 Å². The highest BCUT2D eigenvalue weighted by Gasteiger charge is 2.22. The van der Waals surface area contributed by atoms with Crippen molar-refractivity contribution >= 4 is 35.1 Å². The third-order valence-electron chi connectivity index (χ3n) is 5.44. The summed E-state index contributed by atoms with van der Waals surface area (Å²) in [7, 11) is 1.54. The average Bonchev–Trinajstić information content (AvgIpc) is 3.29. The molecule has 0 aliphatic heterocycles. The van der Waals surface area contributed by atoms with Gasteiger partial charge in [-0.05, 0) is 61.4 Å². The van der Waals surface area contributed by atoms with Gasteiger partial charge in [-0.2, -0.15) is 0 Å². The van der Waals surface area contributed by atoms with Crippen LogP contribution in [0.4, 0.5) is 14.9 Å². The van der Waals surface area contributed by atoms with E-state index in [-0.39, 0.29) is 5.82 Å². The Kier molecular flexibility index (Phi) is 8.12. The van der Waals surface area contributed by atoms with E-state index in [0.29, 0.717) is 33.2 Å². The summed E-state index contributed by atoms with van der Waals surface area (Å²) in [6.45, 7) is 3.80. The van der Waals surface area contributed by atoms with Crippen LogP contribution < -0.4 is 15.4 Å². The van der Waals surface area contributed by atoms with Crippen molar-refractivity contribution < 1.29 is 13.9 Å². The van der Waals surface area contributed by atoms with Gasteiger partial charge in [0.2, 0.25) is 0 Å². The molecule has 186 valence electrons. The first-order valence-electron chi connectivity index (χ1n) is 11.2. The van der Waals surface area contributed by atoms with Crippen LogP contribution in [0.3, 0.4) is 0 Å². The number of urea groups is 1. The number of anilines is 1. The Morgan fingerprint density at radius 2 is 1.89 bits per heavy atom. The highest BCUT2D eigenvalue weighted by Crippen LogP contribution is 2.30. The monoisotopic (exact) mass is 525 g/mol. The molecule has 1 aromatic heterocycles. The fourth-order valence-corrected chi connectivity index (χ4v) is 4.68. The van der Waals surface area contributed by atoms with Crippen LogP contribution in [0, 0.1) is 12.7 Å². The fourth-order valence-electron chi connectivity index (χ4n) is 3.60. The Labute approximate surface area is 218 Å². The van der Waals surface area contributed by atoms with Crippen molar-refractivity contribution in [2.45, 2.75) is 30.8 Å². The summed E-state index contributed by atoms with van der Waals surface area (Å²) in [6.07, 6.45) is 0. The third-order valence-corrected chi connectivity index (χ3v) is 6.68. The molecule has 0 radical (unpaired) electrons. The maximum Gasteiger partial charge on any atom is 0.319 e. The van der Waals surface area contributed by atoms with Crippen LogP contribution in [0.5, 0.6) is 5.75 Å². The van der Waals surface area contributed by atoms with E-state index in [0.717, 1.165) is 16.8 Å². The van der Waals surface area contributed by atoms with Gasteiger partial charge in [0.15, 0.2) is 11.0 Å². The normalized spacial score (nSPS) is 11.7. The summed E-state index contributed by atoms with van der Waals surface area (Å²) in [5.74, 6) is 1.37. The van der Waals surface area contributed by atoms with Crippen molar-refractivity contribution in [3.8, 4) is 11.4 Å². The second-order valence-corrected chi connectivity index (χ2v) is 9.42. The Morgan fingerprint density at radius 1 is 1.14 bits per heavy atom. The Balaban J connectivity index is 1.61. The van der Waals surface area contributed by atoms with E-state index in [4.69, 9.17) is 16.3 Å². The number of hydrogen-bond acceptors (Lipinski definition) is 5. The van der Waals surface area contributed by atoms with E-state index in [2.05, 4.69) is 20.8 Å². The van der Waals surface area contributed by atoms with Crippen molar-refractivity contribution in [2.24, 2.45) is 0 Å². The van der Waals surface area contributed by atoms with Gasteiger partial charge in [0.1, 0.15) is 11.6 Å². The van der Waals surface area contributed by atoms with Crippen LogP contribution in [0.2, 0.25) is 5.02 Å². The van der Waals surface area contributed by atoms with E-state index in [1.54, 1.807) is 31.4 Å². The maximum absolute atomic E-state index is 13.3. The summed E-state index contributed by atoms with van der Waals surface area (Å²) in [6, 6.07) is 18.2. The first kappa shape index (κ1) is 25.5. The molecule has 2 amide bonds. The fraction of sp³-hybridized carbons (Fsp3) is 0.192. The van der Waals surface area contributed by atoms with Gasteiger partial charge in [-0.3, -0.25) is 4.57 Å². The molecule has 7 nitrogen and oxygen atoms in total. The van der Waals surface area contributed by atoms with E-state index in [9.17, 15) is 9.18 Å². The Bertz CT molecular complexity index is 1360. The Hall–Kier alpha value is -3.56. The summed E-state index contributed by atoms with van der Waals surface area (Å²) in [4.78, 5) is 12.8. The van der Waals surface area contributed by atoms with E-state index < -0.39 is 12.1 Å². The second kappa shape index (κ2) is 11.5. The number of amides is 2. The molecule has 1 heterocycles. The second-order valence-electron chi connectivity index (χ2n) is 8.04. The highest BCUT2D eigenvalue weighted by atomic mass is 35.5. The molecular formula is C26H25ClFN5O2S. The molecule has 4 aromatic rings. The molecule has 4 rings (SSSR count). The largest absolute Gasteiger partial charge is 0.495 e. The molecule has 0 saturated heterocycles. The maximum atomic E-state index is 13.3. The summed E-state index contributed by atoms with van der Waals surface area (Å²) < 4.78 is 20.5. The standard InChI is InChI=1S/C26H25ClFN5O2S/c1-16-8-11-19(27)14-22(16)33-24(31-32-26(33)36-15-18-9-12-20(28)13-10-18)17(2)29-25(34)30-21-6-4-5-7-23(21)35-3/h4-14,17H,15H2,1-3H3,(H2,29,30,34). The molecule has 0 saturated carbocycles. The van der Waals surface area contributed by atoms with Gasteiger partial charge in [0.05, 0.1) is 24.5 Å². The van der Waals surface area contributed by atoms with Crippen molar-refractivity contribution in [2.75, 3.05) is 12.4 Å². The third kappa shape index (κ3) is 5.98. The number of carbonyl (C=O) groups excluding carboxylic acids is 1. The van der Waals surface area contributed by atoms with Crippen LogP contribution in [0.15, 0.2) is 71.9 Å². The lowest BCUT2D eigenvalue weighted by Crippen LogP contribution is -2.32. The minimum atomic E-state index is -0.495.